The fraction of sp³-hybridized carbons (Fsp3) is 0.909. The number of methoxy groups -OCH3 is 1. The molecule has 0 saturated carbocycles. The van der Waals surface area contributed by atoms with Gasteiger partial charge in [0.1, 0.15) is 11.5 Å². The van der Waals surface area contributed by atoms with Crippen molar-refractivity contribution >= 4 is 35.2 Å². The Morgan fingerprint density at radius 3 is 2.74 bits per heavy atom. The Morgan fingerprint density at radius 1 is 1.15 bits per heavy atom. The molecule has 2 amide bonds. The van der Waals surface area contributed by atoms with Crippen molar-refractivity contribution in [1.82, 2.24) is 37.0 Å². The molecule has 6 N–H and O–H groups in total. The molecule has 0 spiro atoms. The maximum absolute atomic E-state index is 13.5. The van der Waals surface area contributed by atoms with Gasteiger partial charge in [-0.2, -0.15) is 0 Å². The minimum Gasteiger partial charge on any atom is -0.380 e. The van der Waals surface area contributed by atoms with Crippen molar-refractivity contribution in [2.24, 2.45) is 17.8 Å². The van der Waals surface area contributed by atoms with Crippen molar-refractivity contribution in [3.63, 3.8) is 0 Å². The number of hydrogen-bond donors (Lipinski definition) is 6. The van der Waals surface area contributed by atoms with Crippen molar-refractivity contribution in [1.29, 1.82) is 0 Å². The molecule has 10 atom stereocenters. The highest BCUT2D eigenvalue weighted by molar-refractivity contribution is 8.00. The number of likely N-dealkylation sites (tertiary alicyclic amines) is 1. The molecule has 5 aliphatic heterocycles. The average Bonchev–Trinajstić information content (AvgIpc) is 3.55. The molecule has 5 saturated heterocycles. The Balaban J connectivity index is 1.17. The number of amides is 2. The van der Waals surface area contributed by atoms with Crippen LogP contribution >= 0.6 is 23.4 Å². The summed E-state index contributed by atoms with van der Waals surface area (Å²) < 4.78 is 5.79. The van der Waals surface area contributed by atoms with Crippen LogP contribution < -0.4 is 32.1 Å². The number of ether oxygens (including phenoxy) is 1. The number of alkyl halides is 1. The van der Waals surface area contributed by atoms with Gasteiger partial charge in [0, 0.05) is 57.2 Å². The summed E-state index contributed by atoms with van der Waals surface area (Å²) in [5.41, 5.74) is 5.89. The summed E-state index contributed by atoms with van der Waals surface area (Å²) in [6.07, 6.45) is 2.62. The van der Waals surface area contributed by atoms with E-state index < -0.39 is 0 Å². The predicted molar refractivity (Wildman–Crippen MR) is 132 cm³/mol. The lowest BCUT2D eigenvalue weighted by molar-refractivity contribution is -0.132. The van der Waals surface area contributed by atoms with Crippen LogP contribution in [0.4, 0.5) is 0 Å². The van der Waals surface area contributed by atoms with Crippen molar-refractivity contribution < 1.29 is 14.3 Å². The number of hydrazine groups is 1. The third-order valence-corrected chi connectivity index (χ3v) is 9.86. The van der Waals surface area contributed by atoms with E-state index in [1.165, 1.54) is 0 Å². The van der Waals surface area contributed by atoms with Gasteiger partial charge >= 0.3 is 0 Å². The van der Waals surface area contributed by atoms with Crippen molar-refractivity contribution in [3.8, 4) is 0 Å². The van der Waals surface area contributed by atoms with Crippen LogP contribution in [0.1, 0.15) is 26.2 Å². The summed E-state index contributed by atoms with van der Waals surface area (Å²) in [5.74, 6) is 0.595. The van der Waals surface area contributed by atoms with E-state index in [-0.39, 0.29) is 58.8 Å². The standard InChI is InChI=1S/C22H38ClN7O3S/c1-11-5-12(13-6-19(23)25-8-17(13)33-2)14(7-24-11)20(31)28-22-27-16-9-30(10-18(16)34-22)21(32)15-3-4-26-29-15/h11-19,22,24-27,29H,3-10H2,1-2H3,(H,28,31). The molecular formula is C22H38ClN7O3S. The predicted octanol–water partition coefficient (Wildman–Crippen LogP) is -1.03. The maximum atomic E-state index is 13.5. The number of hydrogen-bond acceptors (Lipinski definition) is 9. The monoisotopic (exact) mass is 515 g/mol. The Kier molecular flexibility index (Phi) is 7.91. The molecule has 10 unspecified atom stereocenters. The molecule has 0 aromatic rings. The fourth-order valence-corrected chi connectivity index (χ4v) is 8.04. The van der Waals surface area contributed by atoms with E-state index in [9.17, 15) is 9.59 Å². The van der Waals surface area contributed by atoms with Gasteiger partial charge in [-0.25, -0.2) is 5.43 Å². The average molecular weight is 516 g/mol. The van der Waals surface area contributed by atoms with Crippen LogP contribution in [0.5, 0.6) is 0 Å². The van der Waals surface area contributed by atoms with E-state index in [1.54, 1.807) is 18.9 Å². The topological polar surface area (TPSA) is 119 Å². The number of piperidine rings is 2. The third kappa shape index (κ3) is 5.22. The van der Waals surface area contributed by atoms with Crippen molar-refractivity contribution in [2.45, 2.75) is 66.7 Å². The minimum absolute atomic E-state index is 0.0621. The van der Waals surface area contributed by atoms with Crippen molar-refractivity contribution in [2.75, 3.05) is 39.8 Å². The van der Waals surface area contributed by atoms with Gasteiger partial charge < -0.3 is 20.3 Å². The molecule has 0 radical (unpaired) electrons. The molecule has 5 aliphatic rings. The molecule has 5 rings (SSSR count). The molecular weight excluding hydrogens is 478 g/mol. The van der Waals surface area contributed by atoms with Gasteiger partial charge in [0.2, 0.25) is 11.8 Å². The Morgan fingerprint density at radius 2 is 2.00 bits per heavy atom. The van der Waals surface area contributed by atoms with E-state index in [0.29, 0.717) is 30.9 Å². The molecule has 192 valence electrons. The Bertz CT molecular complexity index is 746. The quantitative estimate of drug-likeness (QED) is 0.202. The van der Waals surface area contributed by atoms with Crippen LogP contribution in [0.25, 0.3) is 0 Å². The zero-order valence-electron chi connectivity index (χ0n) is 19.9. The lowest BCUT2D eigenvalue weighted by atomic mass is 9.70. The first-order valence-corrected chi connectivity index (χ1v) is 13.9. The van der Waals surface area contributed by atoms with Crippen LogP contribution in [0.15, 0.2) is 0 Å². The number of carbonyl (C=O) groups is 2. The van der Waals surface area contributed by atoms with Crippen LogP contribution in [0.2, 0.25) is 0 Å². The number of rotatable bonds is 5. The largest absolute Gasteiger partial charge is 0.380 e. The number of carbonyl (C=O) groups excluding carboxylic acids is 2. The molecule has 12 heteroatoms. The molecule has 5 fully saturated rings. The van der Waals surface area contributed by atoms with Gasteiger partial charge in [-0.05, 0) is 38.0 Å². The molecule has 10 nitrogen and oxygen atoms in total. The van der Waals surface area contributed by atoms with Gasteiger partial charge in [0.05, 0.1) is 17.5 Å². The summed E-state index contributed by atoms with van der Waals surface area (Å²) in [4.78, 5) is 28.1. The summed E-state index contributed by atoms with van der Waals surface area (Å²) in [7, 11) is 1.75. The van der Waals surface area contributed by atoms with Crippen LogP contribution in [-0.2, 0) is 14.3 Å². The maximum Gasteiger partial charge on any atom is 0.241 e. The summed E-state index contributed by atoms with van der Waals surface area (Å²) in [6, 6.07) is 0.436. The minimum atomic E-state index is -0.129. The molecule has 5 heterocycles. The van der Waals surface area contributed by atoms with Gasteiger partial charge in [0.15, 0.2) is 0 Å². The van der Waals surface area contributed by atoms with Gasteiger partial charge in [-0.15, -0.1) is 23.4 Å². The molecule has 0 aromatic carbocycles. The highest BCUT2D eigenvalue weighted by Gasteiger charge is 2.47. The first-order valence-electron chi connectivity index (χ1n) is 12.6. The fourth-order valence-electron chi connectivity index (χ4n) is 6.34. The molecule has 0 bridgehead atoms. The number of halogens is 1. The first kappa shape index (κ1) is 25.0. The number of fused-ring (bicyclic) bond motifs is 1. The zero-order chi connectivity index (χ0) is 23.8. The number of nitrogens with one attached hydrogen (secondary N) is 6. The Labute approximate surface area is 210 Å². The highest BCUT2D eigenvalue weighted by atomic mass is 35.5. The SMILES string of the molecule is COC1CNC(Cl)CC1C1CC(C)NCC1C(=O)NC1NC2CN(C(=O)C3CCNN3)CC2S1. The van der Waals surface area contributed by atoms with Gasteiger partial charge in [-0.1, -0.05) is 0 Å². The van der Waals surface area contributed by atoms with Crippen molar-refractivity contribution in [3.05, 3.63) is 0 Å². The van der Waals surface area contributed by atoms with E-state index in [1.807, 2.05) is 4.90 Å². The van der Waals surface area contributed by atoms with Gasteiger partial charge in [-0.3, -0.25) is 25.6 Å². The van der Waals surface area contributed by atoms with Crippen LogP contribution in [0.3, 0.4) is 0 Å². The lowest BCUT2D eigenvalue weighted by Crippen LogP contribution is -2.57. The van der Waals surface area contributed by atoms with E-state index in [2.05, 4.69) is 39.0 Å². The zero-order valence-corrected chi connectivity index (χ0v) is 21.5. The summed E-state index contributed by atoms with van der Waals surface area (Å²) in [6.45, 7) is 5.80. The first-order chi connectivity index (χ1) is 16.4. The molecule has 0 aliphatic carbocycles. The van der Waals surface area contributed by atoms with Gasteiger partial charge in [0.25, 0.3) is 0 Å². The third-order valence-electron chi connectivity index (χ3n) is 8.18. The summed E-state index contributed by atoms with van der Waals surface area (Å²) >= 11 is 8.18. The number of thioether (sulfide) groups is 1. The second kappa shape index (κ2) is 10.8. The second-order valence-corrected chi connectivity index (χ2v) is 12.2. The van der Waals surface area contributed by atoms with E-state index in [4.69, 9.17) is 16.3 Å². The lowest BCUT2D eigenvalue weighted by Gasteiger charge is -2.45. The van der Waals surface area contributed by atoms with E-state index in [0.717, 1.165) is 32.4 Å². The number of nitrogens with zero attached hydrogens (tertiary/aromatic N) is 1. The molecule has 34 heavy (non-hydrogen) atoms. The second-order valence-electron chi connectivity index (χ2n) is 10.4. The highest BCUT2D eigenvalue weighted by Crippen LogP contribution is 2.38. The molecule has 0 aromatic heterocycles. The van der Waals surface area contributed by atoms with Crippen LogP contribution in [-0.4, -0.2) is 97.0 Å². The smallest absolute Gasteiger partial charge is 0.241 e. The Hall–Kier alpha value is -0.660. The summed E-state index contributed by atoms with van der Waals surface area (Å²) in [5, 5.41) is 13.9. The normalized spacial score (nSPS) is 44.7. The van der Waals surface area contributed by atoms with Crippen LogP contribution in [0, 0.1) is 17.8 Å². The van der Waals surface area contributed by atoms with E-state index >= 15 is 0 Å².